The van der Waals surface area contributed by atoms with E-state index in [-0.39, 0.29) is 5.75 Å². The van der Waals surface area contributed by atoms with Crippen LogP contribution in [0.5, 0.6) is 5.75 Å². The number of hydrogen-bond acceptors (Lipinski definition) is 2. The molecule has 0 spiro atoms. The smallest absolute Gasteiger partial charge is 0.133 e. The molecule has 1 aliphatic carbocycles. The molecular weight excluding hydrogens is 234 g/mol. The Labute approximate surface area is 117 Å². The molecule has 0 aromatic carbocycles. The van der Waals surface area contributed by atoms with Crippen molar-refractivity contribution < 1.29 is 5.11 Å². The van der Waals surface area contributed by atoms with Crippen LogP contribution in [0.4, 0.5) is 0 Å². The van der Waals surface area contributed by atoms with E-state index in [1.807, 2.05) is 6.07 Å². The van der Waals surface area contributed by atoms with E-state index in [1.165, 1.54) is 63.5 Å². The minimum absolute atomic E-state index is 0.272. The molecule has 2 rings (SSSR count). The summed E-state index contributed by atoms with van der Waals surface area (Å²) in [5.41, 5.74) is 1.17. The van der Waals surface area contributed by atoms with Gasteiger partial charge in [-0.25, -0.2) is 0 Å². The monoisotopic (exact) mass is 261 g/mol. The molecule has 1 saturated carbocycles. The third-order valence-corrected chi connectivity index (χ3v) is 4.50. The van der Waals surface area contributed by atoms with Gasteiger partial charge in [-0.05, 0) is 43.7 Å². The van der Waals surface area contributed by atoms with Crippen LogP contribution in [0, 0.1) is 5.92 Å². The Morgan fingerprint density at radius 1 is 1.11 bits per heavy atom. The zero-order valence-corrected chi connectivity index (χ0v) is 12.1. The summed E-state index contributed by atoms with van der Waals surface area (Å²) >= 11 is 0. The van der Waals surface area contributed by atoms with E-state index >= 15 is 0 Å². The van der Waals surface area contributed by atoms with Crippen LogP contribution in [-0.2, 0) is 0 Å². The topological polar surface area (TPSA) is 33.1 Å². The Bertz CT molecular complexity index is 352. The quantitative estimate of drug-likeness (QED) is 0.728. The van der Waals surface area contributed by atoms with Crippen molar-refractivity contribution in [1.29, 1.82) is 0 Å². The van der Waals surface area contributed by atoms with E-state index in [0.29, 0.717) is 5.92 Å². The Hall–Kier alpha value is -1.05. The average Bonchev–Trinajstić information content (AvgIpc) is 2.45. The Kier molecular flexibility index (Phi) is 5.68. The number of hydrogen-bond donors (Lipinski definition) is 1. The molecule has 1 aromatic rings. The van der Waals surface area contributed by atoms with Crippen molar-refractivity contribution in [3.05, 3.63) is 24.0 Å². The maximum Gasteiger partial charge on any atom is 0.133 e. The molecule has 0 unspecified atom stereocenters. The molecule has 1 aromatic heterocycles. The lowest BCUT2D eigenvalue weighted by atomic mass is 9.78. The highest BCUT2D eigenvalue weighted by Gasteiger charge is 2.22. The van der Waals surface area contributed by atoms with Gasteiger partial charge in [0.1, 0.15) is 5.75 Å². The summed E-state index contributed by atoms with van der Waals surface area (Å²) < 4.78 is 0. The van der Waals surface area contributed by atoms with Crippen LogP contribution in [0.15, 0.2) is 18.3 Å². The molecule has 0 saturated heterocycles. The largest absolute Gasteiger partial charge is 0.506 e. The number of unbranched alkanes of at least 4 members (excludes halogenated alkanes) is 3. The van der Waals surface area contributed by atoms with Gasteiger partial charge in [0.15, 0.2) is 0 Å². The molecule has 1 N–H and O–H groups in total. The molecule has 0 aliphatic heterocycles. The van der Waals surface area contributed by atoms with E-state index in [1.54, 1.807) is 12.3 Å². The van der Waals surface area contributed by atoms with Gasteiger partial charge >= 0.3 is 0 Å². The van der Waals surface area contributed by atoms with Crippen LogP contribution in [-0.4, -0.2) is 10.1 Å². The summed E-state index contributed by atoms with van der Waals surface area (Å²) in [5.74, 6) is 1.84. The normalized spacial score (nSPS) is 23.4. The number of nitrogens with zero attached hydrogens (tertiary/aromatic N) is 1. The first-order valence-electron chi connectivity index (χ1n) is 7.94. The van der Waals surface area contributed by atoms with Crippen molar-refractivity contribution in [3.63, 3.8) is 0 Å². The van der Waals surface area contributed by atoms with Crippen molar-refractivity contribution in [2.45, 2.75) is 70.6 Å². The first-order valence-corrected chi connectivity index (χ1v) is 7.94. The summed E-state index contributed by atoms with van der Waals surface area (Å²) in [6.45, 7) is 2.27. The van der Waals surface area contributed by atoms with Crippen molar-refractivity contribution >= 4 is 0 Å². The summed E-state index contributed by atoms with van der Waals surface area (Å²) in [4.78, 5) is 4.36. The highest BCUT2D eigenvalue weighted by molar-refractivity contribution is 5.20. The van der Waals surface area contributed by atoms with Gasteiger partial charge in [-0.1, -0.05) is 39.0 Å². The van der Waals surface area contributed by atoms with Crippen LogP contribution in [0.1, 0.15) is 76.3 Å². The number of pyridine rings is 1. The Morgan fingerprint density at radius 3 is 2.53 bits per heavy atom. The molecule has 0 atom stereocenters. The summed E-state index contributed by atoms with van der Waals surface area (Å²) in [7, 11) is 0. The lowest BCUT2D eigenvalue weighted by Gasteiger charge is -2.28. The van der Waals surface area contributed by atoms with Gasteiger partial charge in [0.2, 0.25) is 0 Å². The number of aromatic nitrogens is 1. The van der Waals surface area contributed by atoms with Gasteiger partial charge in [0, 0.05) is 11.6 Å². The minimum atomic E-state index is 0.272. The second kappa shape index (κ2) is 7.52. The molecule has 0 bridgehead atoms. The fourth-order valence-corrected chi connectivity index (χ4v) is 3.25. The maximum absolute atomic E-state index is 9.28. The predicted molar refractivity (Wildman–Crippen MR) is 79.4 cm³/mol. The lowest BCUT2D eigenvalue weighted by Crippen LogP contribution is -2.14. The van der Waals surface area contributed by atoms with Crippen molar-refractivity contribution in [1.82, 2.24) is 4.98 Å². The molecule has 0 amide bonds. The van der Waals surface area contributed by atoms with E-state index in [4.69, 9.17) is 0 Å². The van der Waals surface area contributed by atoms with Gasteiger partial charge in [-0.2, -0.15) is 0 Å². The number of aromatic hydroxyl groups is 1. The first-order chi connectivity index (χ1) is 9.29. The van der Waals surface area contributed by atoms with Crippen molar-refractivity contribution in [2.24, 2.45) is 5.92 Å². The minimum Gasteiger partial charge on any atom is -0.506 e. The fraction of sp³-hybridized carbons (Fsp3) is 0.706. The van der Waals surface area contributed by atoms with Gasteiger partial charge < -0.3 is 5.11 Å². The Morgan fingerprint density at radius 2 is 1.89 bits per heavy atom. The molecule has 1 fully saturated rings. The molecule has 1 heterocycles. The molecule has 2 nitrogen and oxygen atoms in total. The standard InChI is InChI=1S/C17H27NO/c1-2-3-4-5-6-14-7-9-15(10-8-14)17-12-11-16(19)13-18-17/h11-15,19H,2-10H2,1H3. The average molecular weight is 261 g/mol. The lowest BCUT2D eigenvalue weighted by molar-refractivity contribution is 0.299. The third kappa shape index (κ3) is 4.52. The van der Waals surface area contributed by atoms with Crippen LogP contribution < -0.4 is 0 Å². The second-order valence-corrected chi connectivity index (χ2v) is 6.01. The SMILES string of the molecule is CCCCCCC1CCC(c2ccc(O)cn2)CC1. The van der Waals surface area contributed by atoms with Crippen LogP contribution in [0.3, 0.4) is 0 Å². The van der Waals surface area contributed by atoms with Crippen LogP contribution >= 0.6 is 0 Å². The van der Waals surface area contributed by atoms with E-state index in [9.17, 15) is 5.11 Å². The highest BCUT2D eigenvalue weighted by atomic mass is 16.3. The van der Waals surface area contributed by atoms with Crippen molar-refractivity contribution in [2.75, 3.05) is 0 Å². The van der Waals surface area contributed by atoms with E-state index in [2.05, 4.69) is 11.9 Å². The van der Waals surface area contributed by atoms with Gasteiger partial charge in [0.25, 0.3) is 0 Å². The molecule has 0 radical (unpaired) electrons. The predicted octanol–water partition coefficient (Wildman–Crippen LogP) is 5.03. The summed E-state index contributed by atoms with van der Waals surface area (Å²) in [6, 6.07) is 3.75. The molecular formula is C17H27NO. The third-order valence-electron chi connectivity index (χ3n) is 4.50. The molecule has 106 valence electrons. The molecule has 19 heavy (non-hydrogen) atoms. The van der Waals surface area contributed by atoms with Gasteiger partial charge in [-0.15, -0.1) is 0 Å². The number of rotatable bonds is 6. The van der Waals surface area contributed by atoms with E-state index < -0.39 is 0 Å². The highest BCUT2D eigenvalue weighted by Crippen LogP contribution is 2.37. The van der Waals surface area contributed by atoms with Gasteiger partial charge in [-0.3, -0.25) is 4.98 Å². The maximum atomic E-state index is 9.28. The summed E-state index contributed by atoms with van der Waals surface area (Å²) in [6.07, 6.45) is 13.8. The second-order valence-electron chi connectivity index (χ2n) is 6.01. The van der Waals surface area contributed by atoms with E-state index in [0.717, 1.165) is 5.92 Å². The van der Waals surface area contributed by atoms with Gasteiger partial charge in [0.05, 0.1) is 6.20 Å². The van der Waals surface area contributed by atoms with Crippen LogP contribution in [0.2, 0.25) is 0 Å². The summed E-state index contributed by atoms with van der Waals surface area (Å²) in [5, 5.41) is 9.28. The zero-order valence-electron chi connectivity index (χ0n) is 12.1. The van der Waals surface area contributed by atoms with Crippen LogP contribution in [0.25, 0.3) is 0 Å². The first kappa shape index (κ1) is 14.4. The fourth-order valence-electron chi connectivity index (χ4n) is 3.25. The molecule has 2 heteroatoms. The Balaban J connectivity index is 1.71. The zero-order chi connectivity index (χ0) is 13.5. The molecule has 1 aliphatic rings. The van der Waals surface area contributed by atoms with Crippen molar-refractivity contribution in [3.8, 4) is 5.75 Å².